The van der Waals surface area contributed by atoms with E-state index in [2.05, 4.69) is 31.3 Å². The Balaban J connectivity index is 1.82. The van der Waals surface area contributed by atoms with Gasteiger partial charge >= 0.3 is 6.18 Å². The summed E-state index contributed by atoms with van der Waals surface area (Å²) in [6.45, 7) is 1.61. The van der Waals surface area contributed by atoms with Crippen molar-refractivity contribution in [1.29, 1.82) is 5.41 Å². The molecular weight excluding hydrogens is 461 g/mol. The molecule has 0 saturated carbocycles. The Morgan fingerprint density at radius 3 is 2.45 bits per heavy atom. The number of rotatable bonds is 5. The molecule has 1 saturated heterocycles. The van der Waals surface area contributed by atoms with Gasteiger partial charge in [0, 0.05) is 18.2 Å². The van der Waals surface area contributed by atoms with Crippen LogP contribution in [0.2, 0.25) is 0 Å². The van der Waals surface area contributed by atoms with Gasteiger partial charge in [-0.1, -0.05) is 30.3 Å². The number of nitrogens with two attached hydrogens (primary N) is 1. The second-order valence-electron chi connectivity index (χ2n) is 7.43. The molecule has 0 radical (unpaired) electrons. The molecule has 1 aliphatic rings. The molecule has 6 N–H and O–H groups in total. The second kappa shape index (κ2) is 8.53. The van der Waals surface area contributed by atoms with Crippen LogP contribution in [0, 0.1) is 5.41 Å². The summed E-state index contributed by atoms with van der Waals surface area (Å²) in [7, 11) is -4.83. The van der Waals surface area contributed by atoms with E-state index in [-0.39, 0.29) is 23.3 Å². The summed E-state index contributed by atoms with van der Waals surface area (Å²) in [4.78, 5) is -1.14. The van der Waals surface area contributed by atoms with Gasteiger partial charge in [0.05, 0.1) is 11.1 Å². The van der Waals surface area contributed by atoms with Gasteiger partial charge in [0.15, 0.2) is 0 Å². The molecule has 174 valence electrons. The van der Waals surface area contributed by atoms with Crippen LogP contribution in [0.3, 0.4) is 0 Å². The van der Waals surface area contributed by atoms with E-state index in [1.165, 1.54) is 0 Å². The third-order valence-electron chi connectivity index (χ3n) is 5.21. The third-order valence-corrected chi connectivity index (χ3v) is 6.20. The van der Waals surface area contributed by atoms with Gasteiger partial charge in [0.1, 0.15) is 10.7 Å². The topological polar surface area (TPSA) is 163 Å². The first-order chi connectivity index (χ1) is 15.6. The highest BCUT2D eigenvalue weighted by molar-refractivity contribution is 7.89. The number of hydrogen-bond acceptors (Lipinski definition) is 7. The number of aromatic amines is 1. The second-order valence-corrected chi connectivity index (χ2v) is 8.93. The van der Waals surface area contributed by atoms with E-state index < -0.39 is 32.2 Å². The predicted octanol–water partition coefficient (Wildman–Crippen LogP) is 1.48. The number of nitrogens with one attached hydrogen (secondary N) is 4. The van der Waals surface area contributed by atoms with Crippen molar-refractivity contribution in [3.8, 4) is 22.5 Å². The molecule has 1 unspecified atom stereocenters. The number of hydrogen-bond donors (Lipinski definition) is 5. The summed E-state index contributed by atoms with van der Waals surface area (Å²) in [5.74, 6) is -0.154. The van der Waals surface area contributed by atoms with Crippen molar-refractivity contribution in [3.05, 3.63) is 47.5 Å². The number of sulfonamides is 1. The highest BCUT2D eigenvalue weighted by Gasteiger charge is 2.39. The van der Waals surface area contributed by atoms with E-state index >= 15 is 0 Å². The van der Waals surface area contributed by atoms with Crippen molar-refractivity contribution in [3.63, 3.8) is 0 Å². The van der Waals surface area contributed by atoms with Gasteiger partial charge in [0.2, 0.25) is 15.8 Å². The zero-order chi connectivity index (χ0) is 23.8. The lowest BCUT2D eigenvalue weighted by atomic mass is 9.95. The minimum absolute atomic E-state index is 0.111. The number of nitrogens with zero attached hydrogens (tertiary/aromatic N) is 3. The number of amidine groups is 1. The van der Waals surface area contributed by atoms with Crippen molar-refractivity contribution >= 4 is 15.9 Å². The van der Waals surface area contributed by atoms with Crippen LogP contribution in [-0.2, 0) is 16.2 Å². The molecule has 1 aromatic heterocycles. The van der Waals surface area contributed by atoms with Crippen LogP contribution in [0.5, 0.6) is 0 Å². The normalized spacial score (nSPS) is 16.7. The van der Waals surface area contributed by atoms with Gasteiger partial charge in [-0.05, 0) is 35.4 Å². The fourth-order valence-electron chi connectivity index (χ4n) is 3.71. The largest absolute Gasteiger partial charge is 0.417 e. The van der Waals surface area contributed by atoms with Crippen molar-refractivity contribution in [1.82, 2.24) is 31.3 Å². The number of H-pyrrole nitrogens is 1. The van der Waals surface area contributed by atoms with Gasteiger partial charge in [0.25, 0.3) is 0 Å². The van der Waals surface area contributed by atoms with Crippen LogP contribution in [0.25, 0.3) is 22.5 Å². The number of tetrazole rings is 1. The Hall–Kier alpha value is -3.36. The van der Waals surface area contributed by atoms with Crippen LogP contribution in [0.4, 0.5) is 13.2 Å². The van der Waals surface area contributed by atoms with E-state index in [1.54, 1.807) is 24.3 Å². The lowest BCUT2D eigenvalue weighted by molar-refractivity contribution is -0.139. The fourth-order valence-corrected chi connectivity index (χ4v) is 4.69. The standard InChI is InChI=1S/C19H19F3N8O2S/c20-19(21,22)14-6-5-13(15(16(14)33(24,31)32)18-27-29-30-28-18)10-1-3-11(4-2-10)17(23)26-12-7-8-25-9-12/h1-6,12,25H,7-9H2,(H2,23,26)(H2,24,31,32)(H,27,28,29,30). The average molecular weight is 480 g/mol. The number of primary sulfonamides is 1. The molecule has 1 atom stereocenters. The van der Waals surface area contributed by atoms with E-state index in [4.69, 9.17) is 10.5 Å². The van der Waals surface area contributed by atoms with Crippen molar-refractivity contribution in [2.24, 2.45) is 5.14 Å². The Labute approximate surface area is 186 Å². The molecule has 10 nitrogen and oxygen atoms in total. The maximum atomic E-state index is 13.6. The van der Waals surface area contributed by atoms with Gasteiger partial charge in [-0.2, -0.15) is 18.4 Å². The molecular formula is C19H19F3N8O2S. The van der Waals surface area contributed by atoms with Crippen LogP contribution in [0.15, 0.2) is 41.3 Å². The number of alkyl halides is 3. The molecule has 4 rings (SSSR count). The molecule has 1 fully saturated rings. The lowest BCUT2D eigenvalue weighted by Gasteiger charge is -2.18. The van der Waals surface area contributed by atoms with Gasteiger partial charge in [-0.15, -0.1) is 10.2 Å². The first kappa shape index (κ1) is 22.8. The molecule has 1 aliphatic heterocycles. The van der Waals surface area contributed by atoms with Crippen molar-refractivity contribution in [2.75, 3.05) is 13.1 Å². The van der Waals surface area contributed by atoms with Crippen LogP contribution in [-0.4, -0.2) is 54.0 Å². The molecule has 0 amide bonds. The molecule has 0 aliphatic carbocycles. The Morgan fingerprint density at radius 2 is 1.91 bits per heavy atom. The molecule has 14 heteroatoms. The summed E-state index contributed by atoms with van der Waals surface area (Å²) in [5.41, 5.74) is -0.794. The summed E-state index contributed by atoms with van der Waals surface area (Å²) in [6, 6.07) is 8.28. The number of halogens is 3. The monoisotopic (exact) mass is 480 g/mol. The fraction of sp³-hybridized carbons (Fsp3) is 0.263. The molecule has 0 spiro atoms. The maximum Gasteiger partial charge on any atom is 0.417 e. The van der Waals surface area contributed by atoms with E-state index in [9.17, 15) is 21.6 Å². The number of aromatic nitrogens is 4. The molecule has 3 aromatic rings. The van der Waals surface area contributed by atoms with Crippen LogP contribution < -0.4 is 15.8 Å². The third kappa shape index (κ3) is 4.72. The van der Waals surface area contributed by atoms with E-state index in [1.807, 2.05) is 0 Å². The Bertz CT molecular complexity index is 1270. The van der Waals surface area contributed by atoms with Crippen LogP contribution >= 0.6 is 0 Å². The number of benzene rings is 2. The van der Waals surface area contributed by atoms with Crippen LogP contribution in [0.1, 0.15) is 17.5 Å². The Kier molecular flexibility index (Phi) is 5.90. The summed E-state index contributed by atoms with van der Waals surface area (Å²) < 4.78 is 65.4. The average Bonchev–Trinajstić information content (AvgIpc) is 3.46. The molecule has 2 heterocycles. The SMILES string of the molecule is N=C(NC1CCNC1)c1ccc(-c2ccc(C(F)(F)F)c(S(N)(=O)=O)c2-c2nn[nH]n2)cc1. The summed E-state index contributed by atoms with van der Waals surface area (Å²) >= 11 is 0. The summed E-state index contributed by atoms with van der Waals surface area (Å²) in [5, 5.41) is 32.6. The van der Waals surface area contributed by atoms with E-state index in [0.717, 1.165) is 25.6 Å². The Morgan fingerprint density at radius 1 is 1.18 bits per heavy atom. The zero-order valence-corrected chi connectivity index (χ0v) is 17.8. The van der Waals surface area contributed by atoms with Crippen molar-refractivity contribution in [2.45, 2.75) is 23.5 Å². The first-order valence-corrected chi connectivity index (χ1v) is 11.3. The van der Waals surface area contributed by atoms with Crippen molar-refractivity contribution < 1.29 is 21.6 Å². The highest BCUT2D eigenvalue weighted by atomic mass is 32.2. The smallest absolute Gasteiger partial charge is 0.366 e. The molecule has 0 bridgehead atoms. The quantitative estimate of drug-likeness (QED) is 0.273. The lowest BCUT2D eigenvalue weighted by Crippen LogP contribution is -2.36. The van der Waals surface area contributed by atoms with E-state index in [0.29, 0.717) is 17.2 Å². The maximum absolute atomic E-state index is 13.6. The molecule has 33 heavy (non-hydrogen) atoms. The highest BCUT2D eigenvalue weighted by Crippen LogP contribution is 2.42. The van der Waals surface area contributed by atoms with Gasteiger partial charge in [-0.3, -0.25) is 5.41 Å². The minimum atomic E-state index is -4.99. The summed E-state index contributed by atoms with van der Waals surface area (Å²) in [6.07, 6.45) is -4.10. The van der Waals surface area contributed by atoms with Gasteiger partial charge in [-0.25, -0.2) is 13.6 Å². The zero-order valence-electron chi connectivity index (χ0n) is 16.9. The molecule has 2 aromatic carbocycles. The minimum Gasteiger partial charge on any atom is -0.366 e. The predicted molar refractivity (Wildman–Crippen MR) is 113 cm³/mol. The van der Waals surface area contributed by atoms with Gasteiger partial charge < -0.3 is 10.6 Å². The first-order valence-electron chi connectivity index (χ1n) is 9.73.